The molecule has 0 aliphatic carbocycles. The molecule has 0 spiro atoms. The minimum atomic E-state index is -0.428. The summed E-state index contributed by atoms with van der Waals surface area (Å²) in [5.41, 5.74) is 6.55. The van der Waals surface area contributed by atoms with Crippen LogP contribution in [0.1, 0.15) is 10.4 Å². The number of carbonyl (C=O) groups excluding carboxylic acids is 1. The van der Waals surface area contributed by atoms with E-state index in [0.29, 0.717) is 15.7 Å². The highest BCUT2D eigenvalue weighted by Gasteiger charge is 2.15. The number of hydrogen-bond acceptors (Lipinski definition) is 3. The Hall–Kier alpha value is -0.300. The predicted molar refractivity (Wildman–Crippen MR) is 62.6 cm³/mol. The summed E-state index contributed by atoms with van der Waals surface area (Å²) in [6.07, 6.45) is 0. The fraction of sp³-hybridized carbons (Fsp3) is 0.125. The lowest BCUT2D eigenvalue weighted by Crippen LogP contribution is -2.07. The van der Waals surface area contributed by atoms with Gasteiger partial charge in [-0.1, -0.05) is 0 Å². The fourth-order valence-electron chi connectivity index (χ4n) is 0.877. The number of carbonyl (C=O) groups is 1. The van der Waals surface area contributed by atoms with Crippen LogP contribution in [-0.2, 0) is 4.74 Å². The van der Waals surface area contributed by atoms with Crippen LogP contribution < -0.4 is 5.73 Å². The molecule has 0 unspecified atom stereocenters. The molecule has 0 aliphatic heterocycles. The standard InChI is InChI=1S/C8H7BrINO2/c1-13-8(12)6-4(9)2-3-5(10)7(6)11/h2-3H,11H2,1H3. The Morgan fingerprint density at radius 1 is 1.62 bits per heavy atom. The maximum absolute atomic E-state index is 11.3. The van der Waals surface area contributed by atoms with Crippen LogP contribution in [0, 0.1) is 3.57 Å². The van der Waals surface area contributed by atoms with Crippen LogP contribution >= 0.6 is 38.5 Å². The summed E-state index contributed by atoms with van der Waals surface area (Å²) in [6, 6.07) is 3.59. The first-order chi connectivity index (χ1) is 6.07. The zero-order valence-electron chi connectivity index (χ0n) is 6.80. The van der Waals surface area contributed by atoms with Crippen molar-refractivity contribution >= 4 is 50.2 Å². The Balaban J connectivity index is 3.33. The molecule has 13 heavy (non-hydrogen) atoms. The molecule has 0 saturated heterocycles. The number of methoxy groups -OCH3 is 1. The highest BCUT2D eigenvalue weighted by Crippen LogP contribution is 2.27. The molecule has 1 aromatic carbocycles. The highest BCUT2D eigenvalue weighted by atomic mass is 127. The van der Waals surface area contributed by atoms with Gasteiger partial charge in [0.25, 0.3) is 0 Å². The first kappa shape index (κ1) is 10.8. The second-order valence-corrected chi connectivity index (χ2v) is 4.33. The lowest BCUT2D eigenvalue weighted by Gasteiger charge is -2.07. The van der Waals surface area contributed by atoms with E-state index in [4.69, 9.17) is 5.73 Å². The van der Waals surface area contributed by atoms with E-state index in [1.54, 1.807) is 6.07 Å². The Kier molecular flexibility index (Phi) is 3.55. The molecule has 0 radical (unpaired) electrons. The Bertz CT molecular complexity index is 354. The van der Waals surface area contributed by atoms with Gasteiger partial charge in [-0.25, -0.2) is 4.79 Å². The SMILES string of the molecule is COC(=O)c1c(Br)ccc(I)c1N. The molecular formula is C8H7BrINO2. The Morgan fingerprint density at radius 3 is 2.77 bits per heavy atom. The fourth-order valence-corrected chi connectivity index (χ4v) is 1.83. The molecule has 0 atom stereocenters. The lowest BCUT2D eigenvalue weighted by atomic mass is 10.2. The summed E-state index contributed by atoms with van der Waals surface area (Å²) in [4.78, 5) is 11.3. The van der Waals surface area contributed by atoms with Crippen LogP contribution in [0.15, 0.2) is 16.6 Å². The Labute approximate surface area is 97.9 Å². The molecule has 1 aromatic rings. The lowest BCUT2D eigenvalue weighted by molar-refractivity contribution is 0.0601. The van der Waals surface area contributed by atoms with E-state index in [0.717, 1.165) is 3.57 Å². The number of nitrogen functional groups attached to an aromatic ring is 1. The Morgan fingerprint density at radius 2 is 2.23 bits per heavy atom. The van der Waals surface area contributed by atoms with Crippen molar-refractivity contribution in [3.8, 4) is 0 Å². The average molecular weight is 356 g/mol. The summed E-state index contributed by atoms with van der Waals surface area (Å²) < 4.78 is 6.09. The van der Waals surface area contributed by atoms with Crippen molar-refractivity contribution in [1.29, 1.82) is 0 Å². The number of esters is 1. The average Bonchev–Trinajstić information content (AvgIpc) is 2.12. The molecule has 0 amide bonds. The van der Waals surface area contributed by atoms with E-state index >= 15 is 0 Å². The molecule has 0 aliphatic rings. The molecule has 5 heteroatoms. The minimum Gasteiger partial charge on any atom is -0.465 e. The van der Waals surface area contributed by atoms with Gasteiger partial charge in [-0.3, -0.25) is 0 Å². The summed E-state index contributed by atoms with van der Waals surface area (Å²) in [7, 11) is 1.33. The molecule has 0 fully saturated rings. The summed E-state index contributed by atoms with van der Waals surface area (Å²) in [5, 5.41) is 0. The van der Waals surface area contributed by atoms with Gasteiger partial charge in [-0.2, -0.15) is 0 Å². The van der Waals surface area contributed by atoms with Gasteiger partial charge in [0, 0.05) is 8.04 Å². The zero-order valence-corrected chi connectivity index (χ0v) is 10.5. The van der Waals surface area contributed by atoms with E-state index in [9.17, 15) is 4.79 Å². The van der Waals surface area contributed by atoms with Gasteiger partial charge in [0.1, 0.15) is 0 Å². The maximum Gasteiger partial charge on any atom is 0.341 e. The molecule has 0 saturated carbocycles. The molecular weight excluding hydrogens is 349 g/mol. The van der Waals surface area contributed by atoms with Crippen LogP contribution in [0.25, 0.3) is 0 Å². The first-order valence-electron chi connectivity index (χ1n) is 3.39. The first-order valence-corrected chi connectivity index (χ1v) is 5.27. The quantitative estimate of drug-likeness (QED) is 0.478. The second kappa shape index (κ2) is 4.28. The van der Waals surface area contributed by atoms with Crippen molar-refractivity contribution in [3.05, 3.63) is 25.7 Å². The zero-order chi connectivity index (χ0) is 10.0. The third kappa shape index (κ3) is 2.14. The summed E-state index contributed by atoms with van der Waals surface area (Å²) in [5.74, 6) is -0.428. The molecule has 70 valence electrons. The topological polar surface area (TPSA) is 52.3 Å². The number of ether oxygens (including phenoxy) is 1. The number of benzene rings is 1. The normalized spacial score (nSPS) is 9.77. The van der Waals surface area contributed by atoms with Crippen LogP contribution in [0.2, 0.25) is 0 Å². The van der Waals surface area contributed by atoms with Crippen LogP contribution in [0.4, 0.5) is 5.69 Å². The number of nitrogens with two attached hydrogens (primary N) is 1. The van der Waals surface area contributed by atoms with Crippen molar-refractivity contribution in [3.63, 3.8) is 0 Å². The van der Waals surface area contributed by atoms with E-state index in [2.05, 4.69) is 43.3 Å². The number of rotatable bonds is 1. The number of hydrogen-bond donors (Lipinski definition) is 1. The van der Waals surface area contributed by atoms with E-state index < -0.39 is 5.97 Å². The molecule has 3 nitrogen and oxygen atoms in total. The smallest absolute Gasteiger partial charge is 0.341 e. The van der Waals surface area contributed by atoms with Crippen molar-refractivity contribution in [2.75, 3.05) is 12.8 Å². The van der Waals surface area contributed by atoms with Crippen LogP contribution in [0.3, 0.4) is 0 Å². The van der Waals surface area contributed by atoms with Gasteiger partial charge in [0.2, 0.25) is 0 Å². The van der Waals surface area contributed by atoms with Crippen molar-refractivity contribution in [2.45, 2.75) is 0 Å². The molecule has 0 aromatic heterocycles. The van der Waals surface area contributed by atoms with Crippen LogP contribution in [-0.4, -0.2) is 13.1 Å². The predicted octanol–water partition coefficient (Wildman–Crippen LogP) is 2.42. The summed E-state index contributed by atoms with van der Waals surface area (Å²) in [6.45, 7) is 0. The number of anilines is 1. The highest BCUT2D eigenvalue weighted by molar-refractivity contribution is 14.1. The van der Waals surface area contributed by atoms with E-state index in [1.165, 1.54) is 7.11 Å². The third-order valence-corrected chi connectivity index (χ3v) is 3.13. The van der Waals surface area contributed by atoms with Gasteiger partial charge in [0.15, 0.2) is 0 Å². The van der Waals surface area contributed by atoms with E-state index in [1.807, 2.05) is 6.07 Å². The number of halogens is 2. The van der Waals surface area contributed by atoms with Gasteiger partial charge < -0.3 is 10.5 Å². The van der Waals surface area contributed by atoms with Gasteiger partial charge in [-0.05, 0) is 50.7 Å². The van der Waals surface area contributed by atoms with E-state index in [-0.39, 0.29) is 0 Å². The van der Waals surface area contributed by atoms with Crippen molar-refractivity contribution in [2.24, 2.45) is 0 Å². The van der Waals surface area contributed by atoms with Crippen molar-refractivity contribution in [1.82, 2.24) is 0 Å². The molecule has 0 bridgehead atoms. The summed E-state index contributed by atoms with van der Waals surface area (Å²) >= 11 is 5.30. The monoisotopic (exact) mass is 355 g/mol. The largest absolute Gasteiger partial charge is 0.465 e. The minimum absolute atomic E-state index is 0.384. The molecule has 2 N–H and O–H groups in total. The van der Waals surface area contributed by atoms with Gasteiger partial charge in [0.05, 0.1) is 18.4 Å². The molecule has 0 heterocycles. The van der Waals surface area contributed by atoms with Gasteiger partial charge in [-0.15, -0.1) is 0 Å². The second-order valence-electron chi connectivity index (χ2n) is 2.31. The van der Waals surface area contributed by atoms with Crippen molar-refractivity contribution < 1.29 is 9.53 Å². The van der Waals surface area contributed by atoms with Crippen LogP contribution in [0.5, 0.6) is 0 Å². The molecule has 1 rings (SSSR count). The maximum atomic E-state index is 11.3. The van der Waals surface area contributed by atoms with Gasteiger partial charge >= 0.3 is 5.97 Å². The third-order valence-electron chi connectivity index (χ3n) is 1.53.